The van der Waals surface area contributed by atoms with Crippen molar-refractivity contribution in [1.82, 2.24) is 14.9 Å². The molecule has 0 radical (unpaired) electrons. The first-order valence-corrected chi connectivity index (χ1v) is 7.75. The molecule has 1 fully saturated rings. The predicted molar refractivity (Wildman–Crippen MR) is 87.5 cm³/mol. The van der Waals surface area contributed by atoms with Crippen molar-refractivity contribution in [1.29, 1.82) is 0 Å². The lowest BCUT2D eigenvalue weighted by Crippen LogP contribution is -2.43. The number of amides is 1. The maximum Gasteiger partial charge on any atom is 0.316 e. The Bertz CT molecular complexity index is 700. The highest BCUT2D eigenvalue weighted by molar-refractivity contribution is 5.93. The largest absolute Gasteiger partial charge is 0.467 e. The Morgan fingerprint density at radius 2 is 2.00 bits per heavy atom. The Morgan fingerprint density at radius 3 is 2.70 bits per heavy atom. The average molecular weight is 311 g/mol. The minimum atomic E-state index is -0.213. The Balaban J connectivity index is 1.85. The molecule has 0 saturated carbocycles. The van der Waals surface area contributed by atoms with Crippen molar-refractivity contribution in [3.8, 4) is 6.01 Å². The van der Waals surface area contributed by atoms with Gasteiger partial charge in [0.2, 0.25) is 0 Å². The van der Waals surface area contributed by atoms with Crippen molar-refractivity contribution >= 4 is 5.91 Å². The van der Waals surface area contributed by atoms with Crippen LogP contribution in [-0.4, -0.2) is 40.0 Å². The molecule has 2 aromatic rings. The van der Waals surface area contributed by atoms with Gasteiger partial charge in [0, 0.05) is 24.2 Å². The summed E-state index contributed by atoms with van der Waals surface area (Å²) in [6, 6.07) is 12.2. The van der Waals surface area contributed by atoms with Crippen molar-refractivity contribution in [3.05, 3.63) is 53.9 Å². The molecule has 1 aliphatic heterocycles. The van der Waals surface area contributed by atoms with Crippen molar-refractivity contribution in [2.24, 2.45) is 0 Å². The van der Waals surface area contributed by atoms with E-state index in [1.54, 1.807) is 12.3 Å². The molecule has 0 spiro atoms. The van der Waals surface area contributed by atoms with E-state index in [4.69, 9.17) is 4.74 Å². The Labute approximate surface area is 136 Å². The zero-order chi connectivity index (χ0) is 16.4. The number of nitrogens with zero attached hydrogens (tertiary/aromatic N) is 3. The number of hydrogen-bond donors (Lipinski definition) is 0. The lowest BCUT2D eigenvalue weighted by atomic mass is 9.91. The van der Waals surface area contributed by atoms with Crippen molar-refractivity contribution in [2.45, 2.75) is 31.7 Å². The number of likely N-dealkylation sites (tertiary alicyclic amines) is 1. The van der Waals surface area contributed by atoms with Crippen LogP contribution in [0.3, 0.4) is 0 Å². The molecule has 1 aromatic heterocycles. The first-order chi connectivity index (χ1) is 11.0. The van der Waals surface area contributed by atoms with E-state index in [2.05, 4.69) is 35.9 Å². The van der Waals surface area contributed by atoms with Crippen LogP contribution in [0, 0.1) is 0 Å². The van der Waals surface area contributed by atoms with Crippen molar-refractivity contribution < 1.29 is 9.53 Å². The minimum Gasteiger partial charge on any atom is -0.467 e. The molecule has 1 amide bonds. The Kier molecular flexibility index (Phi) is 4.03. The first-order valence-electron chi connectivity index (χ1n) is 7.75. The van der Waals surface area contributed by atoms with E-state index in [-0.39, 0.29) is 17.5 Å². The lowest BCUT2D eigenvalue weighted by molar-refractivity contribution is 0.0643. The summed E-state index contributed by atoms with van der Waals surface area (Å²) in [7, 11) is 1.49. The molecule has 0 N–H and O–H groups in total. The molecule has 0 bridgehead atoms. The number of benzene rings is 1. The van der Waals surface area contributed by atoms with Crippen LogP contribution in [0.5, 0.6) is 6.01 Å². The summed E-state index contributed by atoms with van der Waals surface area (Å²) >= 11 is 0. The highest BCUT2D eigenvalue weighted by atomic mass is 16.5. The monoisotopic (exact) mass is 311 g/mol. The summed E-state index contributed by atoms with van der Waals surface area (Å²) in [6.45, 7) is 4.90. The minimum absolute atomic E-state index is 0.0749. The van der Waals surface area contributed by atoms with Gasteiger partial charge >= 0.3 is 6.01 Å². The molecular formula is C18H21N3O2. The zero-order valence-electron chi connectivity index (χ0n) is 13.7. The smallest absolute Gasteiger partial charge is 0.316 e. The fourth-order valence-electron chi connectivity index (χ4n) is 3.25. The van der Waals surface area contributed by atoms with E-state index in [0.29, 0.717) is 18.2 Å². The van der Waals surface area contributed by atoms with E-state index >= 15 is 0 Å². The van der Waals surface area contributed by atoms with E-state index in [0.717, 1.165) is 6.42 Å². The number of rotatable bonds is 3. The van der Waals surface area contributed by atoms with Crippen molar-refractivity contribution in [2.75, 3.05) is 13.7 Å². The van der Waals surface area contributed by atoms with Gasteiger partial charge in [-0.15, -0.1) is 0 Å². The van der Waals surface area contributed by atoms with Gasteiger partial charge in [0.1, 0.15) is 5.69 Å². The molecule has 5 heteroatoms. The van der Waals surface area contributed by atoms with Crippen LogP contribution in [-0.2, 0) is 0 Å². The highest BCUT2D eigenvalue weighted by Crippen LogP contribution is 2.39. The van der Waals surface area contributed by atoms with Crippen LogP contribution in [0.4, 0.5) is 0 Å². The second-order valence-corrected chi connectivity index (χ2v) is 6.47. The highest BCUT2D eigenvalue weighted by Gasteiger charge is 2.42. The van der Waals surface area contributed by atoms with Crippen LogP contribution in [0.2, 0.25) is 0 Å². The molecule has 3 rings (SSSR count). The SMILES string of the molecule is COc1nccc(C(=O)N2CC(c3ccccc3)CC2(C)C)n1. The van der Waals surface area contributed by atoms with E-state index < -0.39 is 0 Å². The number of ether oxygens (including phenoxy) is 1. The van der Waals surface area contributed by atoms with Gasteiger partial charge in [0.25, 0.3) is 5.91 Å². The molecule has 1 aromatic carbocycles. The number of aromatic nitrogens is 2. The molecule has 1 saturated heterocycles. The van der Waals surface area contributed by atoms with Crippen LogP contribution < -0.4 is 4.74 Å². The maximum atomic E-state index is 12.9. The van der Waals surface area contributed by atoms with E-state index in [1.165, 1.54) is 12.7 Å². The summed E-state index contributed by atoms with van der Waals surface area (Å²) in [6.07, 6.45) is 2.49. The van der Waals surface area contributed by atoms with Gasteiger partial charge < -0.3 is 9.64 Å². The second-order valence-electron chi connectivity index (χ2n) is 6.47. The van der Waals surface area contributed by atoms with Crippen LogP contribution in [0.1, 0.15) is 42.2 Å². The maximum absolute atomic E-state index is 12.9. The van der Waals surface area contributed by atoms with Crippen LogP contribution >= 0.6 is 0 Å². The van der Waals surface area contributed by atoms with Crippen LogP contribution in [0.25, 0.3) is 0 Å². The van der Waals surface area contributed by atoms with Crippen LogP contribution in [0.15, 0.2) is 42.6 Å². The molecular weight excluding hydrogens is 290 g/mol. The topological polar surface area (TPSA) is 55.3 Å². The molecule has 0 aliphatic carbocycles. The quantitative estimate of drug-likeness (QED) is 0.874. The first kappa shape index (κ1) is 15.5. The Morgan fingerprint density at radius 1 is 1.26 bits per heavy atom. The van der Waals surface area contributed by atoms with Gasteiger partial charge in [-0.05, 0) is 31.9 Å². The van der Waals surface area contributed by atoms with E-state index in [1.807, 2.05) is 23.1 Å². The summed E-state index contributed by atoms with van der Waals surface area (Å²) in [5.41, 5.74) is 1.44. The van der Waals surface area contributed by atoms with Gasteiger partial charge in [0.15, 0.2) is 0 Å². The normalized spacial score (nSPS) is 19.6. The number of hydrogen-bond acceptors (Lipinski definition) is 4. The third-order valence-corrected chi connectivity index (χ3v) is 4.43. The third kappa shape index (κ3) is 3.04. The molecule has 5 nitrogen and oxygen atoms in total. The summed E-state index contributed by atoms with van der Waals surface area (Å²) in [5.74, 6) is 0.271. The Hall–Kier alpha value is -2.43. The second kappa shape index (κ2) is 5.99. The molecule has 1 aliphatic rings. The number of carbonyl (C=O) groups is 1. The fraction of sp³-hybridized carbons (Fsp3) is 0.389. The average Bonchev–Trinajstić information content (AvgIpc) is 2.90. The molecule has 120 valence electrons. The lowest BCUT2D eigenvalue weighted by Gasteiger charge is -2.31. The number of carbonyl (C=O) groups excluding carboxylic acids is 1. The molecule has 2 heterocycles. The van der Waals surface area contributed by atoms with Gasteiger partial charge in [-0.2, -0.15) is 4.98 Å². The molecule has 23 heavy (non-hydrogen) atoms. The summed E-state index contributed by atoms with van der Waals surface area (Å²) in [4.78, 5) is 22.9. The zero-order valence-corrected chi connectivity index (χ0v) is 13.7. The third-order valence-electron chi connectivity index (χ3n) is 4.43. The standard InChI is InChI=1S/C18H21N3O2/c1-18(2)11-14(13-7-5-4-6-8-13)12-21(18)16(22)15-9-10-19-17(20-15)23-3/h4-10,14H,11-12H2,1-3H3. The van der Waals surface area contributed by atoms with Gasteiger partial charge in [-0.25, -0.2) is 4.98 Å². The van der Waals surface area contributed by atoms with Gasteiger partial charge in [-0.1, -0.05) is 30.3 Å². The molecule has 1 unspecified atom stereocenters. The van der Waals surface area contributed by atoms with E-state index in [9.17, 15) is 4.79 Å². The van der Waals surface area contributed by atoms with Crippen molar-refractivity contribution in [3.63, 3.8) is 0 Å². The summed E-state index contributed by atoms with van der Waals surface area (Å²) < 4.78 is 5.02. The van der Waals surface area contributed by atoms with Gasteiger partial charge in [-0.3, -0.25) is 4.79 Å². The summed E-state index contributed by atoms with van der Waals surface area (Å²) in [5, 5.41) is 0. The molecule has 1 atom stereocenters. The van der Waals surface area contributed by atoms with Gasteiger partial charge in [0.05, 0.1) is 7.11 Å². The number of methoxy groups -OCH3 is 1. The fourth-order valence-corrected chi connectivity index (χ4v) is 3.25. The predicted octanol–water partition coefficient (Wildman–Crippen LogP) is 2.89.